The van der Waals surface area contributed by atoms with E-state index in [2.05, 4.69) is 215 Å². The van der Waals surface area contributed by atoms with Crippen molar-refractivity contribution < 1.29 is 0 Å². The fourth-order valence-corrected chi connectivity index (χ4v) is 9.46. The zero-order chi connectivity index (χ0) is 36.7. The first-order valence-electron chi connectivity index (χ1n) is 19.4. The Bertz CT molecular complexity index is 3130. The molecule has 56 heavy (non-hydrogen) atoms. The molecule has 1 aliphatic carbocycles. The molecule has 2 aromatic heterocycles. The Kier molecular flexibility index (Phi) is 6.66. The number of rotatable bonds is 3. The summed E-state index contributed by atoms with van der Waals surface area (Å²) in [4.78, 5) is 0. The van der Waals surface area contributed by atoms with Gasteiger partial charge < -0.3 is 9.13 Å². The molecule has 1 aliphatic rings. The van der Waals surface area contributed by atoms with E-state index in [1.807, 2.05) is 0 Å². The minimum atomic E-state index is 1.13. The van der Waals surface area contributed by atoms with Crippen LogP contribution >= 0.6 is 0 Å². The van der Waals surface area contributed by atoms with Crippen LogP contribution in [0.25, 0.3) is 111 Å². The topological polar surface area (TPSA) is 9.86 Å². The lowest BCUT2D eigenvalue weighted by Gasteiger charge is -2.24. The second kappa shape index (κ2) is 12.0. The molecule has 12 rings (SSSR count). The third-order valence-corrected chi connectivity index (χ3v) is 11.9. The quantitative estimate of drug-likeness (QED) is 0.173. The van der Waals surface area contributed by atoms with Crippen LogP contribution in [0.15, 0.2) is 206 Å². The van der Waals surface area contributed by atoms with Gasteiger partial charge in [-0.05, 0) is 104 Å². The fourth-order valence-electron chi connectivity index (χ4n) is 9.46. The first kappa shape index (κ1) is 31.0. The van der Waals surface area contributed by atoms with Gasteiger partial charge in [-0.1, -0.05) is 158 Å². The normalized spacial score (nSPS) is 11.9. The minimum Gasteiger partial charge on any atom is -0.309 e. The highest BCUT2D eigenvalue weighted by atomic mass is 15.0. The van der Waals surface area contributed by atoms with Crippen LogP contribution < -0.4 is 0 Å². The van der Waals surface area contributed by atoms with Crippen molar-refractivity contribution in [1.82, 2.24) is 9.13 Å². The van der Waals surface area contributed by atoms with E-state index in [1.165, 1.54) is 93.7 Å². The Morgan fingerprint density at radius 1 is 0.214 bits per heavy atom. The van der Waals surface area contributed by atoms with E-state index >= 15 is 0 Å². The highest BCUT2D eigenvalue weighted by Gasteiger charge is 2.23. The van der Waals surface area contributed by atoms with Crippen LogP contribution in [-0.4, -0.2) is 9.13 Å². The largest absolute Gasteiger partial charge is 0.309 e. The van der Waals surface area contributed by atoms with E-state index in [-0.39, 0.29) is 0 Å². The molecule has 260 valence electrons. The van der Waals surface area contributed by atoms with E-state index in [0.717, 1.165) is 16.9 Å². The summed E-state index contributed by atoms with van der Waals surface area (Å²) in [5, 5.41) is 5.01. The van der Waals surface area contributed by atoms with Crippen molar-refractivity contribution in [2.24, 2.45) is 0 Å². The molecular weight excluding hydrogens is 677 g/mol. The molecule has 0 N–H and O–H groups in total. The molecule has 0 amide bonds. The van der Waals surface area contributed by atoms with Crippen LogP contribution in [0.3, 0.4) is 0 Å². The number of fused-ring (bicyclic) bond motifs is 14. The van der Waals surface area contributed by atoms with Crippen LogP contribution in [0.5, 0.6) is 0 Å². The first-order chi connectivity index (χ1) is 27.8. The van der Waals surface area contributed by atoms with E-state index in [1.54, 1.807) is 0 Å². The lowest BCUT2D eigenvalue weighted by molar-refractivity contribution is 1.13. The predicted molar refractivity (Wildman–Crippen MR) is 236 cm³/mol. The third-order valence-electron chi connectivity index (χ3n) is 11.9. The van der Waals surface area contributed by atoms with Gasteiger partial charge in [0.25, 0.3) is 0 Å². The molecule has 0 saturated heterocycles. The van der Waals surface area contributed by atoms with Crippen molar-refractivity contribution in [2.75, 3.05) is 0 Å². The zero-order valence-electron chi connectivity index (χ0n) is 30.5. The smallest absolute Gasteiger partial charge is 0.0541 e. The maximum atomic E-state index is 2.45. The second-order valence-electron chi connectivity index (χ2n) is 14.9. The summed E-state index contributed by atoms with van der Waals surface area (Å²) in [6.07, 6.45) is 0. The highest BCUT2D eigenvalue weighted by Crippen LogP contribution is 2.49. The summed E-state index contributed by atoms with van der Waals surface area (Å²) in [6.45, 7) is 0. The van der Waals surface area contributed by atoms with Gasteiger partial charge in [0.15, 0.2) is 0 Å². The summed E-state index contributed by atoms with van der Waals surface area (Å²) < 4.78 is 4.89. The molecule has 0 atom stereocenters. The van der Waals surface area contributed by atoms with Gasteiger partial charge in [-0.15, -0.1) is 0 Å². The SMILES string of the molecule is c1ccc2c(c1)-c1ccccc1-c1ccc(-c3cc(-n4c5ccccc5c5ccccc54)cc(-n4c5ccccc5c5ccccc54)c3)cc1-c1ccccc1-2. The van der Waals surface area contributed by atoms with Gasteiger partial charge in [-0.25, -0.2) is 0 Å². The lowest BCUT2D eigenvalue weighted by Crippen LogP contribution is -2.00. The monoisotopic (exact) mass is 710 g/mol. The molecule has 0 saturated carbocycles. The van der Waals surface area contributed by atoms with Crippen molar-refractivity contribution in [3.8, 4) is 67.0 Å². The van der Waals surface area contributed by atoms with Crippen LogP contribution in [0, 0.1) is 0 Å². The Labute approximate surface area is 324 Å². The number of para-hydroxylation sites is 4. The van der Waals surface area contributed by atoms with Gasteiger partial charge in [0, 0.05) is 32.9 Å². The Balaban J connectivity index is 1.17. The van der Waals surface area contributed by atoms with Crippen LogP contribution in [0.4, 0.5) is 0 Å². The van der Waals surface area contributed by atoms with Crippen molar-refractivity contribution in [3.05, 3.63) is 206 Å². The number of nitrogens with zero attached hydrogens (tertiary/aromatic N) is 2. The minimum absolute atomic E-state index is 1.13. The molecular formula is C54H34N2. The molecule has 0 spiro atoms. The molecule has 2 nitrogen and oxygen atoms in total. The number of hydrogen-bond acceptors (Lipinski definition) is 0. The maximum absolute atomic E-state index is 2.45. The molecule has 0 unspecified atom stereocenters. The summed E-state index contributed by atoms with van der Waals surface area (Å²) >= 11 is 0. The van der Waals surface area contributed by atoms with Gasteiger partial charge in [-0.2, -0.15) is 0 Å². The van der Waals surface area contributed by atoms with Crippen molar-refractivity contribution in [2.45, 2.75) is 0 Å². The standard InChI is InChI=1S/C54H34N2/c1-2-16-40-39(15-1)41-17-3-4-19-43(41)45-30-29-35(33-50(45)44-20-6-5-18-42(40)44)36-31-37(55-51-25-11-7-21-46(51)47-22-8-12-26-52(47)55)34-38(32-36)56-53-27-13-9-23-48(53)49-24-10-14-28-54(49)56/h1-34H. The summed E-state index contributed by atoms with van der Waals surface area (Å²) in [6, 6.07) is 76.0. The highest BCUT2D eigenvalue weighted by molar-refractivity contribution is 6.11. The van der Waals surface area contributed by atoms with E-state index in [0.29, 0.717) is 0 Å². The molecule has 9 aromatic carbocycles. The average molecular weight is 711 g/mol. The summed E-state index contributed by atoms with van der Waals surface area (Å²) in [7, 11) is 0. The Hall–Kier alpha value is -7.42. The first-order valence-corrected chi connectivity index (χ1v) is 19.4. The Morgan fingerprint density at radius 3 is 0.893 bits per heavy atom. The number of benzene rings is 9. The number of hydrogen-bond donors (Lipinski definition) is 0. The van der Waals surface area contributed by atoms with E-state index in [9.17, 15) is 0 Å². The Morgan fingerprint density at radius 2 is 0.518 bits per heavy atom. The number of aromatic nitrogens is 2. The van der Waals surface area contributed by atoms with Crippen molar-refractivity contribution >= 4 is 43.6 Å². The molecule has 2 heterocycles. The van der Waals surface area contributed by atoms with Crippen LogP contribution in [0.1, 0.15) is 0 Å². The van der Waals surface area contributed by atoms with Gasteiger partial charge in [0.2, 0.25) is 0 Å². The molecule has 11 aromatic rings. The van der Waals surface area contributed by atoms with Crippen LogP contribution in [-0.2, 0) is 0 Å². The van der Waals surface area contributed by atoms with Gasteiger partial charge >= 0.3 is 0 Å². The molecule has 0 bridgehead atoms. The zero-order valence-corrected chi connectivity index (χ0v) is 30.5. The van der Waals surface area contributed by atoms with Crippen molar-refractivity contribution in [3.63, 3.8) is 0 Å². The summed E-state index contributed by atoms with van der Waals surface area (Å²) in [5.74, 6) is 0. The fraction of sp³-hybridized carbons (Fsp3) is 0. The van der Waals surface area contributed by atoms with E-state index in [4.69, 9.17) is 0 Å². The lowest BCUT2D eigenvalue weighted by atomic mass is 9.80. The molecule has 0 aliphatic heterocycles. The third kappa shape index (κ3) is 4.50. The second-order valence-corrected chi connectivity index (χ2v) is 14.9. The van der Waals surface area contributed by atoms with Crippen molar-refractivity contribution in [1.29, 1.82) is 0 Å². The summed E-state index contributed by atoms with van der Waals surface area (Å²) in [5.41, 5.74) is 19.4. The van der Waals surface area contributed by atoms with Gasteiger partial charge in [0.05, 0.1) is 22.1 Å². The van der Waals surface area contributed by atoms with Gasteiger partial charge in [-0.3, -0.25) is 0 Å². The van der Waals surface area contributed by atoms with Crippen LogP contribution in [0.2, 0.25) is 0 Å². The maximum Gasteiger partial charge on any atom is 0.0541 e. The average Bonchev–Trinajstić information content (AvgIpc) is 3.79. The predicted octanol–water partition coefficient (Wildman–Crippen LogP) is 14.5. The molecule has 0 radical (unpaired) electrons. The van der Waals surface area contributed by atoms with Gasteiger partial charge in [0.1, 0.15) is 0 Å². The molecule has 2 heteroatoms. The molecule has 0 fully saturated rings. The van der Waals surface area contributed by atoms with E-state index < -0.39 is 0 Å².